The third-order valence-electron chi connectivity index (χ3n) is 4.30. The van der Waals surface area contributed by atoms with Crippen LogP contribution in [0.5, 0.6) is 0 Å². The Hall–Kier alpha value is -1.93. The van der Waals surface area contributed by atoms with E-state index in [1.165, 1.54) is 33.0 Å². The maximum atomic E-state index is 3.66. The Bertz CT molecular complexity index is 758. The molecule has 0 amide bonds. The average Bonchev–Trinajstić information content (AvgIpc) is 2.93. The van der Waals surface area contributed by atoms with Crippen LogP contribution in [0, 0.1) is 0 Å². The highest BCUT2D eigenvalue weighted by Gasteiger charge is 2.29. The maximum Gasteiger partial charge on any atom is 0.0501 e. The lowest BCUT2D eigenvalue weighted by molar-refractivity contribution is 0.836. The minimum absolute atomic E-state index is 0.506. The fourth-order valence-corrected chi connectivity index (χ4v) is 3.90. The van der Waals surface area contributed by atoms with Crippen molar-refractivity contribution in [3.8, 4) is 11.1 Å². The van der Waals surface area contributed by atoms with E-state index >= 15 is 0 Å². The Labute approximate surface area is 129 Å². The smallest absolute Gasteiger partial charge is 0.0501 e. The van der Waals surface area contributed by atoms with Gasteiger partial charge in [-0.05, 0) is 35.9 Å². The molecule has 2 aliphatic rings. The van der Waals surface area contributed by atoms with Gasteiger partial charge in [-0.1, -0.05) is 48.6 Å². The second kappa shape index (κ2) is 5.12. The Morgan fingerprint density at radius 1 is 1.05 bits per heavy atom. The Kier molecular flexibility index (Phi) is 3.12. The minimum Gasteiger partial charge on any atom is -0.358 e. The summed E-state index contributed by atoms with van der Waals surface area (Å²) in [4.78, 5) is 1.33. The molecule has 21 heavy (non-hydrogen) atoms. The molecule has 0 fully saturated rings. The summed E-state index contributed by atoms with van der Waals surface area (Å²) in [6.45, 7) is 0. The van der Waals surface area contributed by atoms with Gasteiger partial charge in [-0.3, -0.25) is 0 Å². The van der Waals surface area contributed by atoms with E-state index in [9.17, 15) is 0 Å². The molecule has 1 N–H and O–H groups in total. The first kappa shape index (κ1) is 12.8. The SMILES string of the molecule is CSc1ccccc1-c1cccc2c1NC1=CC=CCC12. The minimum atomic E-state index is 0.506. The van der Waals surface area contributed by atoms with Gasteiger partial charge in [0.05, 0.1) is 5.69 Å². The summed E-state index contributed by atoms with van der Waals surface area (Å²) in [7, 11) is 0. The number of anilines is 1. The summed E-state index contributed by atoms with van der Waals surface area (Å²) in [5, 5.41) is 3.66. The summed E-state index contributed by atoms with van der Waals surface area (Å²) in [5.41, 5.74) is 6.69. The average molecular weight is 291 g/mol. The van der Waals surface area contributed by atoms with E-state index in [-0.39, 0.29) is 0 Å². The fourth-order valence-electron chi connectivity index (χ4n) is 3.29. The molecule has 1 aliphatic heterocycles. The number of fused-ring (bicyclic) bond motifs is 3. The second-order valence-corrected chi connectivity index (χ2v) is 6.28. The predicted octanol–water partition coefficient (Wildman–Crippen LogP) is 5.43. The van der Waals surface area contributed by atoms with E-state index in [0.29, 0.717) is 5.92 Å². The molecule has 1 heterocycles. The second-order valence-electron chi connectivity index (χ2n) is 5.43. The van der Waals surface area contributed by atoms with Gasteiger partial charge in [0.2, 0.25) is 0 Å². The van der Waals surface area contributed by atoms with Crippen molar-refractivity contribution < 1.29 is 0 Å². The van der Waals surface area contributed by atoms with E-state index in [0.717, 1.165) is 6.42 Å². The van der Waals surface area contributed by atoms with Crippen molar-refractivity contribution >= 4 is 17.4 Å². The zero-order chi connectivity index (χ0) is 14.2. The predicted molar refractivity (Wildman–Crippen MR) is 91.9 cm³/mol. The molecular formula is C19H17NS. The zero-order valence-corrected chi connectivity index (χ0v) is 12.8. The number of allylic oxidation sites excluding steroid dienone is 4. The van der Waals surface area contributed by atoms with Crippen molar-refractivity contribution in [3.05, 3.63) is 72.0 Å². The van der Waals surface area contributed by atoms with E-state index in [2.05, 4.69) is 72.3 Å². The molecule has 1 nitrogen and oxygen atoms in total. The van der Waals surface area contributed by atoms with Gasteiger partial charge in [-0.2, -0.15) is 0 Å². The van der Waals surface area contributed by atoms with Crippen molar-refractivity contribution in [3.63, 3.8) is 0 Å². The van der Waals surface area contributed by atoms with Crippen molar-refractivity contribution in [2.45, 2.75) is 17.2 Å². The number of nitrogens with one attached hydrogen (secondary N) is 1. The van der Waals surface area contributed by atoms with Gasteiger partial charge in [-0.25, -0.2) is 0 Å². The largest absolute Gasteiger partial charge is 0.358 e. The van der Waals surface area contributed by atoms with E-state index in [1.807, 2.05) is 0 Å². The van der Waals surface area contributed by atoms with Crippen LogP contribution >= 0.6 is 11.8 Å². The monoisotopic (exact) mass is 291 g/mol. The molecule has 0 spiro atoms. The molecule has 2 aromatic carbocycles. The summed E-state index contributed by atoms with van der Waals surface area (Å²) < 4.78 is 0. The first-order valence-electron chi connectivity index (χ1n) is 7.28. The summed E-state index contributed by atoms with van der Waals surface area (Å²) in [6, 6.07) is 15.3. The molecule has 0 saturated heterocycles. The molecule has 1 unspecified atom stereocenters. The molecular weight excluding hydrogens is 274 g/mol. The van der Waals surface area contributed by atoms with Gasteiger partial charge in [0.1, 0.15) is 0 Å². The highest BCUT2D eigenvalue weighted by atomic mass is 32.2. The number of rotatable bonds is 2. The van der Waals surface area contributed by atoms with Crippen LogP contribution in [-0.2, 0) is 0 Å². The molecule has 0 saturated carbocycles. The Morgan fingerprint density at radius 2 is 1.90 bits per heavy atom. The third-order valence-corrected chi connectivity index (χ3v) is 5.09. The number of benzene rings is 2. The lowest BCUT2D eigenvalue weighted by atomic mass is 9.90. The zero-order valence-electron chi connectivity index (χ0n) is 12.0. The number of thioether (sulfide) groups is 1. The summed E-state index contributed by atoms with van der Waals surface area (Å²) >= 11 is 1.81. The van der Waals surface area contributed by atoms with Crippen LogP contribution in [0.2, 0.25) is 0 Å². The summed E-state index contributed by atoms with van der Waals surface area (Å²) in [5.74, 6) is 0.506. The highest BCUT2D eigenvalue weighted by Crippen LogP contribution is 2.47. The van der Waals surface area contributed by atoms with Crippen LogP contribution in [0.4, 0.5) is 5.69 Å². The Balaban J connectivity index is 1.89. The number of hydrogen-bond acceptors (Lipinski definition) is 2. The van der Waals surface area contributed by atoms with Gasteiger partial charge >= 0.3 is 0 Å². The maximum absolute atomic E-state index is 3.66. The molecule has 0 aromatic heterocycles. The molecule has 2 heteroatoms. The van der Waals surface area contributed by atoms with Gasteiger partial charge in [0.15, 0.2) is 0 Å². The first-order valence-corrected chi connectivity index (χ1v) is 8.51. The quantitative estimate of drug-likeness (QED) is 0.741. The van der Waals surface area contributed by atoms with Crippen LogP contribution in [0.1, 0.15) is 17.9 Å². The Morgan fingerprint density at radius 3 is 2.81 bits per heavy atom. The van der Waals surface area contributed by atoms with Gasteiger partial charge in [-0.15, -0.1) is 11.8 Å². The lowest BCUT2D eigenvalue weighted by Gasteiger charge is -2.13. The fraction of sp³-hybridized carbons (Fsp3) is 0.158. The number of para-hydroxylation sites is 1. The molecule has 0 bridgehead atoms. The molecule has 0 radical (unpaired) electrons. The first-order chi connectivity index (χ1) is 10.4. The van der Waals surface area contributed by atoms with Crippen molar-refractivity contribution in [1.82, 2.24) is 0 Å². The molecule has 4 rings (SSSR count). The van der Waals surface area contributed by atoms with E-state index in [1.54, 1.807) is 11.8 Å². The summed E-state index contributed by atoms with van der Waals surface area (Å²) in [6.07, 6.45) is 9.85. The lowest BCUT2D eigenvalue weighted by Crippen LogP contribution is -2.01. The molecule has 104 valence electrons. The van der Waals surface area contributed by atoms with E-state index in [4.69, 9.17) is 0 Å². The van der Waals surface area contributed by atoms with Crippen molar-refractivity contribution in [1.29, 1.82) is 0 Å². The topological polar surface area (TPSA) is 12.0 Å². The van der Waals surface area contributed by atoms with Crippen LogP contribution in [0.3, 0.4) is 0 Å². The molecule has 1 atom stereocenters. The van der Waals surface area contributed by atoms with E-state index < -0.39 is 0 Å². The highest BCUT2D eigenvalue weighted by molar-refractivity contribution is 7.98. The third kappa shape index (κ3) is 2.02. The van der Waals surface area contributed by atoms with Gasteiger partial charge in [0, 0.05) is 22.1 Å². The number of hydrogen-bond donors (Lipinski definition) is 1. The van der Waals surface area contributed by atoms with Crippen LogP contribution < -0.4 is 5.32 Å². The van der Waals surface area contributed by atoms with Crippen molar-refractivity contribution in [2.24, 2.45) is 0 Å². The standard InChI is InChI=1S/C19H17NS/c1-21-18-12-5-3-8-14(18)16-10-6-9-15-13-7-2-4-11-17(13)20-19(15)16/h2-6,8-13,20H,7H2,1H3. The van der Waals surface area contributed by atoms with Crippen molar-refractivity contribution in [2.75, 3.05) is 11.6 Å². The molecule has 1 aliphatic carbocycles. The van der Waals surface area contributed by atoms with Gasteiger partial charge in [0.25, 0.3) is 0 Å². The van der Waals surface area contributed by atoms with Crippen LogP contribution in [-0.4, -0.2) is 6.26 Å². The molecule has 2 aromatic rings. The van der Waals surface area contributed by atoms with Crippen LogP contribution in [0.15, 0.2) is 71.3 Å². The normalized spacial score (nSPS) is 18.7. The van der Waals surface area contributed by atoms with Gasteiger partial charge < -0.3 is 5.32 Å². The van der Waals surface area contributed by atoms with Crippen LogP contribution in [0.25, 0.3) is 11.1 Å².